The van der Waals surface area contributed by atoms with E-state index >= 15 is 0 Å². The van der Waals surface area contributed by atoms with Crippen LogP contribution in [0.1, 0.15) is 37.6 Å². The Kier molecular flexibility index (Phi) is 4.14. The highest BCUT2D eigenvalue weighted by molar-refractivity contribution is 7.18. The average molecular weight is 274 g/mol. The summed E-state index contributed by atoms with van der Waals surface area (Å²) < 4.78 is 1.32. The maximum atomic E-state index is 4.76. The molecule has 1 saturated carbocycles. The molecule has 2 aromatic rings. The van der Waals surface area contributed by atoms with Gasteiger partial charge in [-0.25, -0.2) is 4.98 Å². The molecule has 1 N–H and O–H groups in total. The summed E-state index contributed by atoms with van der Waals surface area (Å²) in [4.78, 5) is 4.76. The highest BCUT2D eigenvalue weighted by Gasteiger charge is 2.22. The number of aromatic nitrogens is 1. The van der Waals surface area contributed by atoms with Crippen molar-refractivity contribution in [2.45, 2.75) is 45.1 Å². The first-order valence-electron chi connectivity index (χ1n) is 7.43. The number of hydrogen-bond donors (Lipinski definition) is 1. The van der Waals surface area contributed by atoms with Gasteiger partial charge in [-0.3, -0.25) is 0 Å². The standard InChI is InChI=1S/C16H22N2S/c1-2-17-13(10-12-6-5-7-12)11-16-18-14-8-3-4-9-15(14)19-16/h3-4,8-9,12-13,17H,2,5-7,10-11H2,1H3. The van der Waals surface area contributed by atoms with Crippen molar-refractivity contribution >= 4 is 21.6 Å². The van der Waals surface area contributed by atoms with Gasteiger partial charge in [-0.2, -0.15) is 0 Å². The van der Waals surface area contributed by atoms with E-state index < -0.39 is 0 Å². The summed E-state index contributed by atoms with van der Waals surface area (Å²) >= 11 is 1.85. The van der Waals surface area contributed by atoms with Gasteiger partial charge in [0.1, 0.15) is 0 Å². The number of para-hydroxylation sites is 1. The first kappa shape index (κ1) is 13.1. The highest BCUT2D eigenvalue weighted by Crippen LogP contribution is 2.31. The molecule has 0 amide bonds. The van der Waals surface area contributed by atoms with E-state index in [-0.39, 0.29) is 0 Å². The summed E-state index contributed by atoms with van der Waals surface area (Å²) in [7, 11) is 0. The number of likely N-dealkylation sites (N-methyl/N-ethyl adjacent to an activating group) is 1. The van der Waals surface area contributed by atoms with Crippen molar-refractivity contribution in [3.8, 4) is 0 Å². The molecule has 2 nitrogen and oxygen atoms in total. The van der Waals surface area contributed by atoms with E-state index in [9.17, 15) is 0 Å². The summed E-state index contributed by atoms with van der Waals surface area (Å²) in [5.41, 5.74) is 1.15. The molecule has 0 radical (unpaired) electrons. The summed E-state index contributed by atoms with van der Waals surface area (Å²) in [5.74, 6) is 0.957. The minimum atomic E-state index is 0.607. The van der Waals surface area contributed by atoms with Crippen LogP contribution < -0.4 is 5.32 Å². The molecular weight excluding hydrogens is 252 g/mol. The second-order valence-corrected chi connectivity index (χ2v) is 6.68. The third-order valence-corrected chi connectivity index (χ3v) is 5.15. The van der Waals surface area contributed by atoms with Crippen LogP contribution in [0.25, 0.3) is 10.2 Å². The van der Waals surface area contributed by atoms with E-state index in [0.717, 1.165) is 24.4 Å². The van der Waals surface area contributed by atoms with Gasteiger partial charge >= 0.3 is 0 Å². The van der Waals surface area contributed by atoms with Gasteiger partial charge in [0.25, 0.3) is 0 Å². The molecule has 1 fully saturated rings. The van der Waals surface area contributed by atoms with E-state index in [1.807, 2.05) is 11.3 Å². The topological polar surface area (TPSA) is 24.9 Å². The molecule has 1 aliphatic carbocycles. The van der Waals surface area contributed by atoms with Crippen LogP contribution in [0.4, 0.5) is 0 Å². The lowest BCUT2D eigenvalue weighted by Gasteiger charge is -2.29. The van der Waals surface area contributed by atoms with Gasteiger partial charge in [-0.1, -0.05) is 38.3 Å². The fourth-order valence-electron chi connectivity index (χ4n) is 2.88. The fourth-order valence-corrected chi connectivity index (χ4v) is 3.92. The van der Waals surface area contributed by atoms with Gasteiger partial charge in [-0.05, 0) is 31.0 Å². The lowest BCUT2D eigenvalue weighted by molar-refractivity contribution is 0.260. The monoisotopic (exact) mass is 274 g/mol. The zero-order valence-corrected chi connectivity index (χ0v) is 12.4. The van der Waals surface area contributed by atoms with Crippen LogP contribution in [0.15, 0.2) is 24.3 Å². The van der Waals surface area contributed by atoms with Crippen LogP contribution in [-0.2, 0) is 6.42 Å². The van der Waals surface area contributed by atoms with Crippen molar-refractivity contribution < 1.29 is 0 Å². The molecule has 0 bridgehead atoms. The summed E-state index contributed by atoms with van der Waals surface area (Å²) in [5, 5.41) is 4.92. The largest absolute Gasteiger partial charge is 0.314 e. The quantitative estimate of drug-likeness (QED) is 0.861. The molecule has 1 atom stereocenters. The normalized spacial score (nSPS) is 17.5. The van der Waals surface area contributed by atoms with Crippen molar-refractivity contribution in [3.05, 3.63) is 29.3 Å². The predicted molar refractivity (Wildman–Crippen MR) is 82.7 cm³/mol. The summed E-state index contributed by atoms with van der Waals surface area (Å²) in [6.07, 6.45) is 6.71. The van der Waals surface area contributed by atoms with Gasteiger partial charge in [-0.15, -0.1) is 11.3 Å². The van der Waals surface area contributed by atoms with Crippen molar-refractivity contribution in [2.24, 2.45) is 5.92 Å². The molecule has 1 unspecified atom stereocenters. The second kappa shape index (κ2) is 6.02. The molecule has 3 rings (SSSR count). The van der Waals surface area contributed by atoms with Crippen LogP contribution in [-0.4, -0.2) is 17.6 Å². The number of nitrogens with one attached hydrogen (secondary N) is 1. The lowest BCUT2D eigenvalue weighted by Crippen LogP contribution is -2.34. The van der Waals surface area contributed by atoms with Gasteiger partial charge in [0.2, 0.25) is 0 Å². The average Bonchev–Trinajstić information content (AvgIpc) is 2.76. The van der Waals surface area contributed by atoms with Crippen molar-refractivity contribution in [1.29, 1.82) is 0 Å². The predicted octanol–water partition coefficient (Wildman–Crippen LogP) is 4.01. The van der Waals surface area contributed by atoms with Gasteiger partial charge in [0.05, 0.1) is 15.2 Å². The first-order valence-corrected chi connectivity index (χ1v) is 8.24. The Bertz CT molecular complexity index is 497. The molecule has 1 heterocycles. The van der Waals surface area contributed by atoms with Crippen LogP contribution >= 0.6 is 11.3 Å². The molecule has 0 aliphatic heterocycles. The van der Waals surface area contributed by atoms with Crippen LogP contribution in [0.5, 0.6) is 0 Å². The number of thiazole rings is 1. The number of benzene rings is 1. The molecule has 19 heavy (non-hydrogen) atoms. The third-order valence-electron chi connectivity index (χ3n) is 4.09. The minimum Gasteiger partial charge on any atom is -0.314 e. The molecule has 1 aromatic heterocycles. The minimum absolute atomic E-state index is 0.607. The molecule has 0 spiro atoms. The molecule has 3 heteroatoms. The SMILES string of the molecule is CCNC(Cc1nc2ccccc2s1)CC1CCC1. The molecule has 1 aromatic carbocycles. The van der Waals surface area contributed by atoms with Gasteiger partial charge in [0, 0.05) is 12.5 Å². The number of nitrogens with zero attached hydrogens (tertiary/aromatic N) is 1. The lowest BCUT2D eigenvalue weighted by atomic mass is 9.80. The van der Waals surface area contributed by atoms with Gasteiger partial charge < -0.3 is 5.32 Å². The zero-order chi connectivity index (χ0) is 13.1. The Labute approximate surface area is 119 Å². The third kappa shape index (κ3) is 3.15. The number of rotatable bonds is 6. The Hall–Kier alpha value is -0.930. The van der Waals surface area contributed by atoms with Crippen LogP contribution in [0.3, 0.4) is 0 Å². The Morgan fingerprint density at radius 2 is 2.21 bits per heavy atom. The van der Waals surface area contributed by atoms with Crippen LogP contribution in [0, 0.1) is 5.92 Å². The molecular formula is C16H22N2S. The Balaban J connectivity index is 1.68. The fraction of sp³-hybridized carbons (Fsp3) is 0.562. The second-order valence-electron chi connectivity index (χ2n) is 5.57. The Morgan fingerprint density at radius 1 is 1.37 bits per heavy atom. The Morgan fingerprint density at radius 3 is 2.89 bits per heavy atom. The zero-order valence-electron chi connectivity index (χ0n) is 11.6. The van der Waals surface area contributed by atoms with Crippen LogP contribution in [0.2, 0.25) is 0 Å². The number of fused-ring (bicyclic) bond motifs is 1. The van der Waals surface area contributed by atoms with Crippen molar-refractivity contribution in [2.75, 3.05) is 6.54 Å². The molecule has 0 saturated heterocycles. The van der Waals surface area contributed by atoms with Crippen molar-refractivity contribution in [1.82, 2.24) is 10.3 Å². The summed E-state index contributed by atoms with van der Waals surface area (Å²) in [6.45, 7) is 3.26. The van der Waals surface area contributed by atoms with Gasteiger partial charge in [0.15, 0.2) is 0 Å². The first-order chi connectivity index (χ1) is 9.35. The van der Waals surface area contributed by atoms with E-state index in [1.54, 1.807) is 0 Å². The molecule has 102 valence electrons. The molecule has 1 aliphatic rings. The van der Waals surface area contributed by atoms with E-state index in [1.165, 1.54) is 35.4 Å². The maximum absolute atomic E-state index is 4.76. The smallest absolute Gasteiger partial charge is 0.0954 e. The summed E-state index contributed by atoms with van der Waals surface area (Å²) in [6, 6.07) is 9.06. The maximum Gasteiger partial charge on any atom is 0.0954 e. The van der Waals surface area contributed by atoms with Crippen molar-refractivity contribution in [3.63, 3.8) is 0 Å². The highest BCUT2D eigenvalue weighted by atomic mass is 32.1. The van der Waals surface area contributed by atoms with E-state index in [4.69, 9.17) is 4.98 Å². The number of hydrogen-bond acceptors (Lipinski definition) is 3. The van der Waals surface area contributed by atoms with E-state index in [2.05, 4.69) is 36.5 Å². The van der Waals surface area contributed by atoms with E-state index in [0.29, 0.717) is 6.04 Å².